The van der Waals surface area contributed by atoms with Crippen molar-refractivity contribution in [2.75, 3.05) is 5.32 Å². The molecule has 0 saturated carbocycles. The number of carboxylic acids is 1. The summed E-state index contributed by atoms with van der Waals surface area (Å²) in [5, 5.41) is 22.9. The Kier molecular flexibility index (Phi) is 4.36. The predicted octanol–water partition coefficient (Wildman–Crippen LogP) is 3.78. The summed E-state index contributed by atoms with van der Waals surface area (Å²) in [6.07, 6.45) is 0. The Bertz CT molecular complexity index is 736. The van der Waals surface area contributed by atoms with Crippen LogP contribution < -0.4 is 5.32 Å². The number of carboxylic acid groups (broad SMARTS) is 1. The fourth-order valence-corrected chi connectivity index (χ4v) is 2.36. The lowest BCUT2D eigenvalue weighted by Gasteiger charge is -2.10. The second-order valence-corrected chi connectivity index (χ2v) is 5.18. The van der Waals surface area contributed by atoms with Gasteiger partial charge in [-0.05, 0) is 52.9 Å². The number of carbonyl (C=O) groups is 1. The number of nitrogens with one attached hydrogen (secondary N) is 1. The molecule has 0 amide bonds. The maximum Gasteiger partial charge on any atom is 0.342 e. The molecule has 0 spiro atoms. The number of halogens is 2. The number of anilines is 2. The summed E-state index contributed by atoms with van der Waals surface area (Å²) < 4.78 is 13.6. The van der Waals surface area contributed by atoms with Gasteiger partial charge in [0.25, 0.3) is 0 Å². The summed E-state index contributed by atoms with van der Waals surface area (Å²) in [6.45, 7) is 0. The quantitative estimate of drug-likeness (QED) is 0.462. The fourth-order valence-electron chi connectivity index (χ4n) is 1.75. The van der Waals surface area contributed by atoms with Gasteiger partial charge in [-0.25, -0.2) is 9.18 Å². The molecule has 2 aromatic carbocycles. The van der Waals surface area contributed by atoms with E-state index in [1.165, 1.54) is 30.3 Å². The van der Waals surface area contributed by atoms with E-state index in [0.717, 1.165) is 6.07 Å². The van der Waals surface area contributed by atoms with Crippen LogP contribution in [-0.4, -0.2) is 16.0 Å². The van der Waals surface area contributed by atoms with Crippen molar-refractivity contribution in [1.82, 2.24) is 0 Å². The van der Waals surface area contributed by atoms with Crippen molar-refractivity contribution >= 4 is 45.6 Å². The number of hydrogen-bond acceptors (Lipinski definition) is 4. The van der Waals surface area contributed by atoms with Crippen LogP contribution in [0, 0.1) is 19.5 Å². The van der Waals surface area contributed by atoms with E-state index >= 15 is 0 Å². The first-order valence-electron chi connectivity index (χ1n) is 5.63. The second-order valence-electron chi connectivity index (χ2n) is 4.01. The van der Waals surface area contributed by atoms with E-state index in [2.05, 4.69) is 5.32 Å². The molecule has 2 N–H and O–H groups in total. The molecule has 0 aliphatic heterocycles. The highest BCUT2D eigenvalue weighted by molar-refractivity contribution is 14.1. The molecule has 0 fully saturated rings. The SMILES string of the molecule is O=C(O)c1cccc(Nc2ccc(F)cc2I)c1[N+](=O)[O-]. The number of benzene rings is 2. The fraction of sp³-hybridized carbons (Fsp3) is 0. The van der Waals surface area contributed by atoms with Crippen molar-refractivity contribution < 1.29 is 19.2 Å². The van der Waals surface area contributed by atoms with Crippen LogP contribution in [0.5, 0.6) is 0 Å². The highest BCUT2D eigenvalue weighted by Gasteiger charge is 2.24. The van der Waals surface area contributed by atoms with Crippen molar-refractivity contribution in [2.24, 2.45) is 0 Å². The number of aromatic carboxylic acids is 1. The van der Waals surface area contributed by atoms with Crippen LogP contribution in [0.25, 0.3) is 0 Å². The Hall–Kier alpha value is -2.23. The van der Waals surface area contributed by atoms with Gasteiger partial charge < -0.3 is 10.4 Å². The van der Waals surface area contributed by atoms with Gasteiger partial charge in [0, 0.05) is 3.57 Å². The molecule has 0 radical (unpaired) electrons. The Morgan fingerprint density at radius 3 is 2.57 bits per heavy atom. The summed E-state index contributed by atoms with van der Waals surface area (Å²) in [5.41, 5.74) is -0.473. The zero-order valence-electron chi connectivity index (χ0n) is 10.3. The summed E-state index contributed by atoms with van der Waals surface area (Å²) >= 11 is 1.88. The summed E-state index contributed by atoms with van der Waals surface area (Å²) in [5.74, 6) is -1.82. The van der Waals surface area contributed by atoms with Gasteiger partial charge >= 0.3 is 11.7 Å². The van der Waals surface area contributed by atoms with E-state index in [4.69, 9.17) is 5.11 Å². The van der Waals surface area contributed by atoms with Crippen molar-refractivity contribution in [2.45, 2.75) is 0 Å². The van der Waals surface area contributed by atoms with Crippen LogP contribution in [0.15, 0.2) is 36.4 Å². The number of para-hydroxylation sites is 1. The third kappa shape index (κ3) is 3.27. The molecule has 2 rings (SSSR count). The molecule has 0 aliphatic rings. The molecule has 21 heavy (non-hydrogen) atoms. The van der Waals surface area contributed by atoms with E-state index < -0.39 is 28.0 Å². The lowest BCUT2D eigenvalue weighted by Crippen LogP contribution is -2.06. The van der Waals surface area contributed by atoms with Crippen LogP contribution >= 0.6 is 22.6 Å². The second kappa shape index (κ2) is 6.04. The van der Waals surface area contributed by atoms with Crippen LogP contribution in [-0.2, 0) is 0 Å². The molecule has 2 aromatic rings. The maximum atomic E-state index is 13.0. The van der Waals surface area contributed by atoms with Gasteiger partial charge in [0.15, 0.2) is 0 Å². The maximum absolute atomic E-state index is 13.0. The number of nitrogens with zero attached hydrogens (tertiary/aromatic N) is 1. The van der Waals surface area contributed by atoms with Crippen LogP contribution in [0.2, 0.25) is 0 Å². The topological polar surface area (TPSA) is 92.5 Å². The van der Waals surface area contributed by atoms with Gasteiger partial charge in [0.2, 0.25) is 0 Å². The standard InChI is InChI=1S/C13H8FIN2O4/c14-7-4-5-10(9(15)6-7)16-11-3-1-2-8(13(18)19)12(11)17(20)21/h1-6,16H,(H,18,19). The number of hydrogen-bond donors (Lipinski definition) is 2. The lowest BCUT2D eigenvalue weighted by atomic mass is 10.1. The van der Waals surface area contributed by atoms with Gasteiger partial charge in [0.05, 0.1) is 10.6 Å². The average molecular weight is 402 g/mol. The molecule has 8 heteroatoms. The summed E-state index contributed by atoms with van der Waals surface area (Å²) in [4.78, 5) is 21.4. The van der Waals surface area contributed by atoms with Crippen molar-refractivity contribution in [1.29, 1.82) is 0 Å². The van der Waals surface area contributed by atoms with Gasteiger partial charge in [-0.1, -0.05) is 6.07 Å². The molecule has 0 atom stereocenters. The Labute approximate surface area is 131 Å². The normalized spacial score (nSPS) is 10.2. The van der Waals surface area contributed by atoms with E-state index in [0.29, 0.717) is 9.26 Å². The number of nitro benzene ring substituents is 1. The zero-order valence-corrected chi connectivity index (χ0v) is 12.5. The largest absolute Gasteiger partial charge is 0.477 e. The van der Waals surface area contributed by atoms with Crippen LogP contribution in [0.3, 0.4) is 0 Å². The predicted molar refractivity (Wildman–Crippen MR) is 82.5 cm³/mol. The van der Waals surface area contributed by atoms with E-state index in [9.17, 15) is 19.3 Å². The molecule has 0 saturated heterocycles. The van der Waals surface area contributed by atoms with Gasteiger partial charge in [-0.2, -0.15) is 0 Å². The lowest BCUT2D eigenvalue weighted by molar-refractivity contribution is -0.384. The van der Waals surface area contributed by atoms with Crippen LogP contribution in [0.1, 0.15) is 10.4 Å². The van der Waals surface area contributed by atoms with Crippen molar-refractivity contribution in [3.8, 4) is 0 Å². The van der Waals surface area contributed by atoms with Crippen molar-refractivity contribution in [3.63, 3.8) is 0 Å². The van der Waals surface area contributed by atoms with Crippen LogP contribution in [0.4, 0.5) is 21.5 Å². The monoisotopic (exact) mass is 402 g/mol. The highest BCUT2D eigenvalue weighted by atomic mass is 127. The Balaban J connectivity index is 2.51. The third-order valence-corrected chi connectivity index (χ3v) is 3.54. The number of nitro groups is 1. The minimum atomic E-state index is -1.39. The average Bonchev–Trinajstić information content (AvgIpc) is 2.41. The molecular formula is C13H8FIN2O4. The molecule has 0 aliphatic carbocycles. The minimum Gasteiger partial charge on any atom is -0.477 e. The molecule has 108 valence electrons. The Morgan fingerprint density at radius 1 is 1.29 bits per heavy atom. The molecule has 0 bridgehead atoms. The molecular weight excluding hydrogens is 394 g/mol. The molecule has 0 aromatic heterocycles. The highest BCUT2D eigenvalue weighted by Crippen LogP contribution is 2.32. The van der Waals surface area contributed by atoms with Gasteiger partial charge in [-0.15, -0.1) is 0 Å². The first-order valence-corrected chi connectivity index (χ1v) is 6.71. The first-order chi connectivity index (χ1) is 9.90. The third-order valence-electron chi connectivity index (χ3n) is 2.65. The van der Waals surface area contributed by atoms with E-state index in [1.807, 2.05) is 22.6 Å². The minimum absolute atomic E-state index is 0.0319. The summed E-state index contributed by atoms with van der Waals surface area (Å²) in [6, 6.07) is 7.84. The van der Waals surface area contributed by atoms with E-state index in [1.54, 1.807) is 0 Å². The molecule has 0 heterocycles. The molecule has 0 unspecified atom stereocenters. The summed E-state index contributed by atoms with van der Waals surface area (Å²) in [7, 11) is 0. The van der Waals surface area contributed by atoms with Gasteiger partial charge in [0.1, 0.15) is 17.1 Å². The van der Waals surface area contributed by atoms with Crippen molar-refractivity contribution in [3.05, 3.63) is 61.5 Å². The molecule has 6 nitrogen and oxygen atoms in total. The number of rotatable bonds is 4. The zero-order chi connectivity index (χ0) is 15.6. The van der Waals surface area contributed by atoms with E-state index in [-0.39, 0.29) is 5.69 Å². The Morgan fingerprint density at radius 2 is 2.00 bits per heavy atom. The smallest absolute Gasteiger partial charge is 0.342 e. The van der Waals surface area contributed by atoms with Gasteiger partial charge in [-0.3, -0.25) is 10.1 Å². The first kappa shape index (κ1) is 15.2.